The van der Waals surface area contributed by atoms with E-state index in [0.717, 1.165) is 3.79 Å². The zero-order valence-corrected chi connectivity index (χ0v) is 13.1. The molecule has 0 fully saturated rings. The second-order valence-corrected chi connectivity index (χ2v) is 6.73. The molecule has 0 aromatic carbocycles. The molecule has 0 radical (unpaired) electrons. The fourth-order valence-electron chi connectivity index (χ4n) is 0.872. The largest absolute Gasteiger partial charge is 0.346 e. The van der Waals surface area contributed by atoms with Gasteiger partial charge in [0.15, 0.2) is 0 Å². The fourth-order valence-corrected chi connectivity index (χ4v) is 3.67. The van der Waals surface area contributed by atoms with Crippen molar-refractivity contribution in [2.45, 2.75) is 5.92 Å². The summed E-state index contributed by atoms with van der Waals surface area (Å²) < 4.78 is 26.9. The Kier molecular flexibility index (Phi) is 7.08. The van der Waals surface area contributed by atoms with Crippen LogP contribution in [0.25, 0.3) is 0 Å². The number of alkyl halides is 2. The van der Waals surface area contributed by atoms with E-state index < -0.39 is 24.9 Å². The highest BCUT2D eigenvalue weighted by atomic mass is 79.9. The van der Waals surface area contributed by atoms with E-state index in [9.17, 15) is 13.6 Å². The predicted octanol–water partition coefficient (Wildman–Crippen LogP) is 3.02. The zero-order chi connectivity index (χ0) is 12.3. The molecule has 0 saturated carbocycles. The van der Waals surface area contributed by atoms with E-state index in [1.807, 2.05) is 0 Å². The van der Waals surface area contributed by atoms with E-state index in [1.165, 1.54) is 11.3 Å². The molecule has 0 saturated heterocycles. The molecule has 17 heavy (non-hydrogen) atoms. The van der Waals surface area contributed by atoms with Crippen LogP contribution in [0.15, 0.2) is 13.6 Å². The Bertz CT molecular complexity index is 403. The first-order valence-corrected chi connectivity index (χ1v) is 6.57. The molecule has 0 spiro atoms. The molecule has 3 nitrogen and oxygen atoms in total. The highest BCUT2D eigenvalue weighted by Crippen LogP contribution is 2.31. The van der Waals surface area contributed by atoms with Crippen LogP contribution in [0, 0.1) is 0 Å². The number of hydrogen-bond acceptors (Lipinski definition) is 3. The number of nitrogens with two attached hydrogens (primary N) is 1. The van der Waals surface area contributed by atoms with E-state index in [4.69, 9.17) is 5.73 Å². The van der Waals surface area contributed by atoms with Gasteiger partial charge >= 0.3 is 0 Å². The summed E-state index contributed by atoms with van der Waals surface area (Å²) in [5.74, 6) is -3.63. The van der Waals surface area contributed by atoms with Crippen LogP contribution < -0.4 is 11.1 Å². The van der Waals surface area contributed by atoms with Gasteiger partial charge in [0.25, 0.3) is 11.8 Å². The lowest BCUT2D eigenvalue weighted by Crippen LogP contribution is -2.41. The van der Waals surface area contributed by atoms with Gasteiger partial charge in [-0.1, -0.05) is 0 Å². The summed E-state index contributed by atoms with van der Waals surface area (Å²) >= 11 is 7.66. The first-order chi connectivity index (χ1) is 7.35. The minimum atomic E-state index is -3.07. The summed E-state index contributed by atoms with van der Waals surface area (Å²) in [6.07, 6.45) is 0. The molecule has 9 heteroatoms. The van der Waals surface area contributed by atoms with Crippen molar-refractivity contribution in [1.82, 2.24) is 5.32 Å². The van der Waals surface area contributed by atoms with Crippen molar-refractivity contribution in [2.24, 2.45) is 5.73 Å². The molecule has 0 aliphatic carbocycles. The van der Waals surface area contributed by atoms with Crippen molar-refractivity contribution in [3.8, 4) is 0 Å². The van der Waals surface area contributed by atoms with E-state index in [-0.39, 0.29) is 12.4 Å². The first-order valence-electron chi connectivity index (χ1n) is 4.16. The molecule has 1 aromatic heterocycles. The molecule has 0 unspecified atom stereocenters. The summed E-state index contributed by atoms with van der Waals surface area (Å²) in [6, 6.07) is 1.56. The second kappa shape index (κ2) is 6.98. The zero-order valence-electron chi connectivity index (χ0n) is 8.31. The molecule has 1 aromatic rings. The van der Waals surface area contributed by atoms with Gasteiger partial charge in [-0.05, 0) is 37.9 Å². The van der Waals surface area contributed by atoms with Gasteiger partial charge in [-0.15, -0.1) is 23.7 Å². The maximum Gasteiger partial charge on any atom is 0.277 e. The molecule has 3 N–H and O–H groups in total. The highest BCUT2D eigenvalue weighted by Gasteiger charge is 2.27. The lowest BCUT2D eigenvalue weighted by molar-refractivity contribution is 0.0118. The summed E-state index contributed by atoms with van der Waals surface area (Å²) in [5.41, 5.74) is 5.17. The minimum absolute atomic E-state index is 0. The number of thiophene rings is 1. The van der Waals surface area contributed by atoms with E-state index >= 15 is 0 Å². The molecule has 98 valence electrons. The van der Waals surface area contributed by atoms with Crippen LogP contribution in [0.4, 0.5) is 8.78 Å². The molecule has 0 aliphatic heterocycles. The van der Waals surface area contributed by atoms with Gasteiger partial charge in [-0.3, -0.25) is 4.79 Å². The Balaban J connectivity index is 0.00000256. The SMILES string of the molecule is Cl.NCC(F)(F)CNC(=O)c1cc(Br)sc1Br. The maximum absolute atomic E-state index is 12.8. The number of hydrogen-bond donors (Lipinski definition) is 2. The smallest absolute Gasteiger partial charge is 0.277 e. The van der Waals surface area contributed by atoms with Gasteiger partial charge in [0.05, 0.1) is 26.2 Å². The molecule has 0 bridgehead atoms. The Morgan fingerprint density at radius 3 is 2.53 bits per heavy atom. The van der Waals surface area contributed by atoms with Crippen molar-refractivity contribution in [1.29, 1.82) is 0 Å². The van der Waals surface area contributed by atoms with Gasteiger partial charge in [0.2, 0.25) is 0 Å². The predicted molar refractivity (Wildman–Crippen MR) is 73.3 cm³/mol. The fraction of sp³-hybridized carbons (Fsp3) is 0.375. The van der Waals surface area contributed by atoms with Gasteiger partial charge < -0.3 is 11.1 Å². The standard InChI is InChI=1S/C8H8Br2F2N2OS.ClH/c9-5-1-4(6(10)16-5)7(15)14-3-8(11,12)2-13;/h1H,2-3,13H2,(H,14,15);1H. The van der Waals surface area contributed by atoms with Gasteiger partial charge in [0.1, 0.15) is 0 Å². The quantitative estimate of drug-likeness (QED) is 0.796. The molecule has 0 aliphatic rings. The second-order valence-electron chi connectivity index (χ2n) is 2.98. The van der Waals surface area contributed by atoms with Gasteiger partial charge in [-0.2, -0.15) is 0 Å². The lowest BCUT2D eigenvalue weighted by atomic mass is 10.3. The number of amides is 1. The van der Waals surface area contributed by atoms with Crippen LogP contribution in [-0.4, -0.2) is 24.9 Å². The summed E-state index contributed by atoms with van der Waals surface area (Å²) in [6.45, 7) is -1.55. The number of carbonyl (C=O) groups is 1. The Labute approximate surface area is 124 Å². The van der Waals surface area contributed by atoms with Crippen LogP contribution in [0.5, 0.6) is 0 Å². The van der Waals surface area contributed by atoms with Crippen molar-refractivity contribution in [3.63, 3.8) is 0 Å². The van der Waals surface area contributed by atoms with Crippen LogP contribution in [0.3, 0.4) is 0 Å². The van der Waals surface area contributed by atoms with E-state index in [2.05, 4.69) is 37.2 Å². The van der Waals surface area contributed by atoms with Crippen molar-refractivity contribution in [3.05, 3.63) is 19.2 Å². The number of carbonyl (C=O) groups excluding carboxylic acids is 1. The third-order valence-electron chi connectivity index (χ3n) is 1.71. The Morgan fingerprint density at radius 2 is 2.12 bits per heavy atom. The molecule has 1 heterocycles. The molecular weight excluding hydrogens is 405 g/mol. The molecular formula is C8H9Br2ClF2N2OS. The summed E-state index contributed by atoms with van der Waals surface area (Å²) in [4.78, 5) is 11.5. The summed E-state index contributed by atoms with van der Waals surface area (Å²) in [5, 5.41) is 2.13. The number of nitrogens with one attached hydrogen (secondary N) is 1. The molecule has 1 rings (SSSR count). The number of rotatable bonds is 4. The van der Waals surface area contributed by atoms with Crippen molar-refractivity contribution < 1.29 is 13.6 Å². The van der Waals surface area contributed by atoms with Crippen LogP contribution >= 0.6 is 55.6 Å². The Hall–Kier alpha value is 0.240. The normalized spacial score (nSPS) is 10.9. The van der Waals surface area contributed by atoms with Crippen LogP contribution in [0.1, 0.15) is 10.4 Å². The summed E-state index contributed by atoms with van der Waals surface area (Å²) in [7, 11) is 0. The van der Waals surface area contributed by atoms with Crippen molar-refractivity contribution in [2.75, 3.05) is 13.1 Å². The average Bonchev–Trinajstić information content (AvgIpc) is 2.54. The number of halogens is 5. The monoisotopic (exact) mass is 412 g/mol. The topological polar surface area (TPSA) is 55.1 Å². The van der Waals surface area contributed by atoms with Crippen LogP contribution in [0.2, 0.25) is 0 Å². The Morgan fingerprint density at radius 1 is 1.53 bits per heavy atom. The van der Waals surface area contributed by atoms with Crippen LogP contribution in [-0.2, 0) is 0 Å². The van der Waals surface area contributed by atoms with Gasteiger partial charge in [0, 0.05) is 0 Å². The third-order valence-corrected chi connectivity index (χ3v) is 4.05. The van der Waals surface area contributed by atoms with Crippen molar-refractivity contribution >= 4 is 61.5 Å². The first kappa shape index (κ1) is 17.2. The van der Waals surface area contributed by atoms with E-state index in [1.54, 1.807) is 6.07 Å². The van der Waals surface area contributed by atoms with Gasteiger partial charge in [-0.25, -0.2) is 8.78 Å². The average molecular weight is 414 g/mol. The van der Waals surface area contributed by atoms with E-state index in [0.29, 0.717) is 9.35 Å². The third kappa shape index (κ3) is 5.17. The minimum Gasteiger partial charge on any atom is -0.346 e. The maximum atomic E-state index is 12.8. The highest BCUT2D eigenvalue weighted by molar-refractivity contribution is 9.12. The lowest BCUT2D eigenvalue weighted by Gasteiger charge is -2.14. The molecule has 0 atom stereocenters. The molecule has 1 amide bonds.